The van der Waals surface area contributed by atoms with Gasteiger partial charge in [0.1, 0.15) is 0 Å². The van der Waals surface area contributed by atoms with E-state index in [0.717, 1.165) is 19.3 Å². The molecule has 28 heavy (non-hydrogen) atoms. The molecule has 1 saturated heterocycles. The van der Waals surface area contributed by atoms with Crippen molar-refractivity contribution < 1.29 is 14.3 Å². The molecular weight excluding hydrogens is 352 g/mol. The summed E-state index contributed by atoms with van der Waals surface area (Å²) in [6, 6.07) is 16.1. The Morgan fingerprint density at radius 3 is 2.71 bits per heavy atom. The predicted octanol–water partition coefficient (Wildman–Crippen LogP) is 3.87. The van der Waals surface area contributed by atoms with E-state index in [4.69, 9.17) is 4.74 Å². The maximum absolute atomic E-state index is 13.5. The average Bonchev–Trinajstić information content (AvgIpc) is 2.98. The fraction of sp³-hybridized carbons (Fsp3) is 0.304. The van der Waals surface area contributed by atoms with E-state index in [1.807, 2.05) is 11.0 Å². The maximum Gasteiger partial charge on any atom is 0.265 e. The molecule has 2 bridgehead atoms. The average molecular weight is 374 g/mol. The molecule has 3 heterocycles. The van der Waals surface area contributed by atoms with Crippen molar-refractivity contribution in [2.75, 3.05) is 5.32 Å². The van der Waals surface area contributed by atoms with Crippen molar-refractivity contribution in [2.24, 2.45) is 0 Å². The number of anilines is 1. The smallest absolute Gasteiger partial charge is 0.265 e. The van der Waals surface area contributed by atoms with Crippen LogP contribution in [0.5, 0.6) is 5.75 Å². The molecule has 0 spiro atoms. The number of carbonyl (C=O) groups excluding carboxylic acids is 2. The third-order valence-electron chi connectivity index (χ3n) is 5.94. The summed E-state index contributed by atoms with van der Waals surface area (Å²) in [6.07, 6.45) is 4.50. The van der Waals surface area contributed by atoms with Crippen LogP contribution in [-0.4, -0.2) is 34.9 Å². The minimum Gasteiger partial charge on any atom is -0.478 e. The van der Waals surface area contributed by atoms with Gasteiger partial charge in [0.25, 0.3) is 11.8 Å². The summed E-state index contributed by atoms with van der Waals surface area (Å²) in [7, 11) is 0. The predicted molar refractivity (Wildman–Crippen MR) is 107 cm³/mol. The van der Waals surface area contributed by atoms with Gasteiger partial charge in [-0.25, -0.2) is 0 Å². The lowest BCUT2D eigenvalue weighted by Gasteiger charge is -2.35. The second kappa shape index (κ2) is 6.51. The summed E-state index contributed by atoms with van der Waals surface area (Å²) in [6.45, 7) is 1.69. The molecule has 1 fully saturated rings. The Morgan fingerprint density at radius 2 is 1.93 bits per heavy atom. The molecule has 0 aromatic heterocycles. The van der Waals surface area contributed by atoms with E-state index in [9.17, 15) is 9.59 Å². The lowest BCUT2D eigenvalue weighted by atomic mass is 9.94. The van der Waals surface area contributed by atoms with Gasteiger partial charge in [-0.15, -0.1) is 0 Å². The molecule has 3 unspecified atom stereocenters. The monoisotopic (exact) mass is 374 g/mol. The van der Waals surface area contributed by atoms with Gasteiger partial charge in [0, 0.05) is 6.04 Å². The third-order valence-corrected chi connectivity index (χ3v) is 5.94. The van der Waals surface area contributed by atoms with Crippen LogP contribution in [0.15, 0.2) is 54.6 Å². The topological polar surface area (TPSA) is 58.6 Å². The van der Waals surface area contributed by atoms with E-state index < -0.39 is 6.10 Å². The summed E-state index contributed by atoms with van der Waals surface area (Å²) in [4.78, 5) is 27.4. The Hall–Kier alpha value is -3.08. The summed E-state index contributed by atoms with van der Waals surface area (Å²) >= 11 is 0. The van der Waals surface area contributed by atoms with Crippen molar-refractivity contribution in [1.82, 2.24) is 4.90 Å². The molecule has 0 radical (unpaired) electrons. The van der Waals surface area contributed by atoms with Gasteiger partial charge in [0.2, 0.25) is 0 Å². The van der Waals surface area contributed by atoms with Crippen LogP contribution in [-0.2, 0) is 4.79 Å². The Balaban J connectivity index is 1.47. The summed E-state index contributed by atoms with van der Waals surface area (Å²) in [5, 5.41) is 2.83. The van der Waals surface area contributed by atoms with Gasteiger partial charge < -0.3 is 15.0 Å². The number of carbonyl (C=O) groups is 2. The summed E-state index contributed by atoms with van der Waals surface area (Å²) < 4.78 is 5.79. The zero-order valence-corrected chi connectivity index (χ0v) is 15.7. The lowest BCUT2D eigenvalue weighted by molar-refractivity contribution is -0.122. The molecule has 5 nitrogen and oxygen atoms in total. The second-order valence-corrected chi connectivity index (χ2v) is 7.70. The molecule has 3 aliphatic heterocycles. The number of benzene rings is 2. The number of hydrogen-bond acceptors (Lipinski definition) is 3. The highest BCUT2D eigenvalue weighted by atomic mass is 16.5. The highest BCUT2D eigenvalue weighted by Crippen LogP contribution is 2.41. The zero-order chi connectivity index (χ0) is 19.3. The Labute approximate surface area is 164 Å². The van der Waals surface area contributed by atoms with Gasteiger partial charge in [-0.3, -0.25) is 9.59 Å². The maximum atomic E-state index is 13.5. The van der Waals surface area contributed by atoms with Crippen molar-refractivity contribution in [3.8, 4) is 5.75 Å². The summed E-state index contributed by atoms with van der Waals surface area (Å²) in [5.41, 5.74) is 3.66. The van der Waals surface area contributed by atoms with E-state index in [1.165, 1.54) is 11.1 Å². The molecular formula is C23H22N2O3. The normalized spacial score (nSPS) is 25.5. The highest BCUT2D eigenvalue weighted by molar-refractivity contribution is 6.04. The van der Waals surface area contributed by atoms with Gasteiger partial charge in [-0.05, 0) is 49.5 Å². The van der Waals surface area contributed by atoms with Crippen LogP contribution in [0.25, 0.3) is 5.57 Å². The van der Waals surface area contributed by atoms with Crippen LogP contribution in [0.3, 0.4) is 0 Å². The minimum absolute atomic E-state index is 0.0175. The van der Waals surface area contributed by atoms with Crippen LogP contribution in [0.4, 0.5) is 5.69 Å². The van der Waals surface area contributed by atoms with Crippen molar-refractivity contribution in [2.45, 2.75) is 44.4 Å². The molecule has 5 rings (SSSR count). The number of fused-ring (bicyclic) bond motifs is 3. The van der Waals surface area contributed by atoms with E-state index in [-0.39, 0.29) is 23.9 Å². The van der Waals surface area contributed by atoms with Crippen LogP contribution in [0.2, 0.25) is 0 Å². The van der Waals surface area contributed by atoms with Crippen molar-refractivity contribution in [3.05, 3.63) is 65.7 Å². The second-order valence-electron chi connectivity index (χ2n) is 7.70. The molecule has 2 aromatic rings. The molecule has 3 atom stereocenters. The molecule has 5 heteroatoms. The van der Waals surface area contributed by atoms with Crippen LogP contribution >= 0.6 is 0 Å². The first-order valence-electron chi connectivity index (χ1n) is 9.81. The number of rotatable bonds is 2. The van der Waals surface area contributed by atoms with Crippen molar-refractivity contribution >= 4 is 23.1 Å². The van der Waals surface area contributed by atoms with Crippen molar-refractivity contribution in [3.63, 3.8) is 0 Å². The highest BCUT2D eigenvalue weighted by Gasteiger charge is 2.41. The fourth-order valence-electron chi connectivity index (χ4n) is 4.55. The fourth-order valence-corrected chi connectivity index (χ4v) is 4.55. The van der Waals surface area contributed by atoms with Crippen LogP contribution < -0.4 is 10.1 Å². The molecule has 3 aliphatic rings. The quantitative estimate of drug-likeness (QED) is 0.868. The Bertz CT molecular complexity index is 983. The first-order chi connectivity index (χ1) is 13.6. The lowest BCUT2D eigenvalue weighted by Crippen LogP contribution is -2.43. The summed E-state index contributed by atoms with van der Waals surface area (Å²) in [5.74, 6) is 0.276. The van der Waals surface area contributed by atoms with Gasteiger partial charge in [-0.2, -0.15) is 0 Å². The Morgan fingerprint density at radius 1 is 1.11 bits per heavy atom. The Kier molecular flexibility index (Phi) is 3.97. The minimum atomic E-state index is -0.607. The number of nitrogens with zero attached hydrogens (tertiary/aromatic N) is 1. The molecule has 0 saturated carbocycles. The van der Waals surface area contributed by atoms with Gasteiger partial charge in [0.05, 0.1) is 17.3 Å². The van der Waals surface area contributed by atoms with Gasteiger partial charge >= 0.3 is 0 Å². The van der Waals surface area contributed by atoms with Gasteiger partial charge in [-0.1, -0.05) is 42.5 Å². The van der Waals surface area contributed by atoms with Crippen LogP contribution in [0.1, 0.15) is 42.1 Å². The number of amides is 2. The standard InChI is InChI=1S/C23H22N2O3/c1-14-22(26)24-20-9-5-8-19(21(20)28-14)23(27)25-17-10-11-18(25)13-16(12-17)15-6-3-2-4-7-15/h2-9,12,14,17-18H,10-11,13H2,1H3,(H,24,26). The number of para-hydroxylation sites is 1. The number of hydrogen-bond donors (Lipinski definition) is 1. The largest absolute Gasteiger partial charge is 0.478 e. The zero-order valence-electron chi connectivity index (χ0n) is 15.7. The van der Waals surface area contributed by atoms with Crippen LogP contribution in [0, 0.1) is 0 Å². The molecule has 1 N–H and O–H groups in total. The molecule has 142 valence electrons. The van der Waals surface area contributed by atoms with E-state index >= 15 is 0 Å². The van der Waals surface area contributed by atoms with E-state index in [1.54, 1.807) is 25.1 Å². The van der Waals surface area contributed by atoms with E-state index in [0.29, 0.717) is 17.0 Å². The van der Waals surface area contributed by atoms with Crippen molar-refractivity contribution in [1.29, 1.82) is 0 Å². The SMILES string of the molecule is CC1Oc2c(cccc2C(=O)N2C3C=C(c4ccccc4)CC2CC3)NC1=O. The third kappa shape index (κ3) is 2.70. The molecule has 0 aliphatic carbocycles. The number of nitrogens with one attached hydrogen (secondary N) is 1. The van der Waals surface area contributed by atoms with E-state index in [2.05, 4.69) is 35.7 Å². The molecule has 2 amide bonds. The number of ether oxygens (including phenoxy) is 1. The van der Waals surface area contributed by atoms with Gasteiger partial charge in [0.15, 0.2) is 11.9 Å². The first kappa shape index (κ1) is 17.0. The first-order valence-corrected chi connectivity index (χ1v) is 9.81. The molecule has 2 aromatic carbocycles.